The maximum absolute atomic E-state index is 12.3. The van der Waals surface area contributed by atoms with Gasteiger partial charge >= 0.3 is 12.0 Å². The summed E-state index contributed by atoms with van der Waals surface area (Å²) in [5.41, 5.74) is 0.509. The van der Waals surface area contributed by atoms with Gasteiger partial charge in [0.25, 0.3) is 11.8 Å². The third-order valence-corrected chi connectivity index (χ3v) is 3.97. The van der Waals surface area contributed by atoms with E-state index in [9.17, 15) is 19.2 Å². The van der Waals surface area contributed by atoms with E-state index < -0.39 is 23.8 Å². The third kappa shape index (κ3) is 4.41. The fraction of sp³-hybridized carbons (Fsp3) is 0.100. The summed E-state index contributed by atoms with van der Waals surface area (Å²) in [6.45, 7) is 0. The summed E-state index contributed by atoms with van der Waals surface area (Å²) in [7, 11) is 2.91. The molecule has 0 aliphatic carbocycles. The first kappa shape index (κ1) is 19.6. The minimum atomic E-state index is -0.879. The van der Waals surface area contributed by atoms with E-state index in [2.05, 4.69) is 0 Å². The molecular formula is C20H16N2O7. The summed E-state index contributed by atoms with van der Waals surface area (Å²) < 4.78 is 15.7. The molecule has 0 atom stereocenters. The quantitative estimate of drug-likeness (QED) is 0.341. The number of rotatable bonds is 5. The van der Waals surface area contributed by atoms with Crippen LogP contribution in [0.1, 0.15) is 15.9 Å². The number of hydrogen-bond donors (Lipinski definition) is 2. The van der Waals surface area contributed by atoms with Crippen LogP contribution in [0.2, 0.25) is 0 Å². The Morgan fingerprint density at radius 2 is 1.52 bits per heavy atom. The zero-order valence-corrected chi connectivity index (χ0v) is 15.5. The van der Waals surface area contributed by atoms with E-state index in [0.29, 0.717) is 16.9 Å². The van der Waals surface area contributed by atoms with Gasteiger partial charge in [-0.2, -0.15) is 0 Å². The van der Waals surface area contributed by atoms with E-state index >= 15 is 0 Å². The second-order valence-electron chi connectivity index (χ2n) is 5.82. The van der Waals surface area contributed by atoms with Crippen molar-refractivity contribution in [2.75, 3.05) is 14.2 Å². The molecule has 4 amide bonds. The first-order valence-corrected chi connectivity index (χ1v) is 8.34. The van der Waals surface area contributed by atoms with Crippen molar-refractivity contribution in [1.82, 2.24) is 10.6 Å². The molecule has 0 saturated carbocycles. The Bertz CT molecular complexity index is 1000. The largest absolute Gasteiger partial charge is 0.497 e. The van der Waals surface area contributed by atoms with Crippen LogP contribution in [0.25, 0.3) is 6.08 Å². The lowest BCUT2D eigenvalue weighted by Crippen LogP contribution is -2.51. The van der Waals surface area contributed by atoms with Crippen LogP contribution < -0.4 is 24.8 Å². The predicted molar refractivity (Wildman–Crippen MR) is 101 cm³/mol. The normalized spacial score (nSPS) is 13.3. The topological polar surface area (TPSA) is 120 Å². The van der Waals surface area contributed by atoms with Gasteiger partial charge in [-0.25, -0.2) is 9.59 Å². The highest BCUT2D eigenvalue weighted by molar-refractivity contribution is 6.31. The molecule has 9 nitrogen and oxygen atoms in total. The monoisotopic (exact) mass is 396 g/mol. The number of carbonyl (C=O) groups is 4. The number of urea groups is 1. The number of carbonyl (C=O) groups excluding carboxylic acids is 4. The molecule has 2 N–H and O–H groups in total. The van der Waals surface area contributed by atoms with Gasteiger partial charge in [-0.1, -0.05) is 6.07 Å². The zero-order chi connectivity index (χ0) is 21.0. The smallest absolute Gasteiger partial charge is 0.343 e. The standard InChI is InChI=1S/C20H16N2O7/c1-27-13-6-4-12(5-7-13)19(25)29-15-8-3-11(10-16(15)28-2)9-14-17(23)21-20(26)22-18(14)24/h3-10H,1-2H3,(H2,21,22,23,24,26). The molecular weight excluding hydrogens is 380 g/mol. The molecule has 1 fully saturated rings. The lowest BCUT2D eigenvalue weighted by atomic mass is 10.1. The summed E-state index contributed by atoms with van der Waals surface area (Å²) in [5, 5.41) is 3.97. The first-order chi connectivity index (χ1) is 13.9. The van der Waals surface area contributed by atoms with Crippen LogP contribution in [0.4, 0.5) is 4.79 Å². The SMILES string of the molecule is COc1ccc(C(=O)Oc2ccc(C=C3C(=O)NC(=O)NC3=O)cc2OC)cc1. The molecule has 148 valence electrons. The molecule has 9 heteroatoms. The third-order valence-electron chi connectivity index (χ3n) is 3.97. The van der Waals surface area contributed by atoms with Crippen molar-refractivity contribution in [2.24, 2.45) is 0 Å². The Labute approximate surface area is 165 Å². The van der Waals surface area contributed by atoms with E-state index in [1.165, 1.54) is 38.5 Å². The number of imide groups is 2. The number of barbiturate groups is 1. The summed E-state index contributed by atoms with van der Waals surface area (Å²) in [6.07, 6.45) is 1.29. The zero-order valence-electron chi connectivity index (χ0n) is 15.5. The van der Waals surface area contributed by atoms with E-state index in [1.54, 1.807) is 24.3 Å². The van der Waals surface area contributed by atoms with Crippen molar-refractivity contribution in [3.05, 3.63) is 59.2 Å². The van der Waals surface area contributed by atoms with Crippen molar-refractivity contribution in [1.29, 1.82) is 0 Å². The molecule has 1 aliphatic rings. The Kier molecular flexibility index (Phi) is 5.59. The second kappa shape index (κ2) is 8.26. The van der Waals surface area contributed by atoms with E-state index in [0.717, 1.165) is 0 Å². The number of ether oxygens (including phenoxy) is 3. The van der Waals surface area contributed by atoms with Crippen LogP contribution in [0.3, 0.4) is 0 Å². The van der Waals surface area contributed by atoms with Crippen molar-refractivity contribution < 1.29 is 33.4 Å². The lowest BCUT2D eigenvalue weighted by molar-refractivity contribution is -0.123. The number of nitrogens with one attached hydrogen (secondary N) is 2. The summed E-state index contributed by atoms with van der Waals surface area (Å²) in [5.74, 6) is -1.24. The van der Waals surface area contributed by atoms with Crippen LogP contribution in [0.15, 0.2) is 48.0 Å². The second-order valence-corrected chi connectivity index (χ2v) is 5.82. The highest BCUT2D eigenvalue weighted by Gasteiger charge is 2.27. The summed E-state index contributed by atoms with van der Waals surface area (Å²) >= 11 is 0. The van der Waals surface area contributed by atoms with Crippen molar-refractivity contribution in [3.8, 4) is 17.2 Å². The van der Waals surface area contributed by atoms with Crippen LogP contribution in [-0.2, 0) is 9.59 Å². The van der Waals surface area contributed by atoms with Gasteiger partial charge in [0.1, 0.15) is 11.3 Å². The molecule has 0 aromatic heterocycles. The predicted octanol–water partition coefficient (Wildman–Crippen LogP) is 1.67. The summed E-state index contributed by atoms with van der Waals surface area (Å²) in [6, 6.07) is 10.0. The molecule has 0 bridgehead atoms. The maximum atomic E-state index is 12.3. The van der Waals surface area contributed by atoms with Crippen molar-refractivity contribution >= 4 is 29.9 Å². The molecule has 0 spiro atoms. The lowest BCUT2D eigenvalue weighted by Gasteiger charge is -2.14. The molecule has 1 heterocycles. The molecule has 0 radical (unpaired) electrons. The van der Waals surface area contributed by atoms with Gasteiger partial charge in [0.05, 0.1) is 19.8 Å². The van der Waals surface area contributed by atoms with Gasteiger partial charge in [-0.3, -0.25) is 20.2 Å². The molecule has 29 heavy (non-hydrogen) atoms. The fourth-order valence-electron chi connectivity index (χ4n) is 2.52. The Hall–Kier alpha value is -4.14. The van der Waals surface area contributed by atoms with E-state index in [4.69, 9.17) is 14.2 Å². The minimum absolute atomic E-state index is 0.156. The van der Waals surface area contributed by atoms with Crippen LogP contribution in [-0.4, -0.2) is 38.0 Å². The number of benzene rings is 2. The van der Waals surface area contributed by atoms with Crippen LogP contribution >= 0.6 is 0 Å². The van der Waals surface area contributed by atoms with Gasteiger partial charge in [-0.05, 0) is 48.0 Å². The highest BCUT2D eigenvalue weighted by Crippen LogP contribution is 2.30. The molecule has 2 aromatic carbocycles. The van der Waals surface area contributed by atoms with Crippen molar-refractivity contribution in [3.63, 3.8) is 0 Å². The number of hydrogen-bond acceptors (Lipinski definition) is 7. The molecule has 1 saturated heterocycles. The van der Waals surface area contributed by atoms with Gasteiger partial charge in [0, 0.05) is 0 Å². The molecule has 1 aliphatic heterocycles. The Balaban J connectivity index is 1.82. The molecule has 3 rings (SSSR count). The van der Waals surface area contributed by atoms with Gasteiger partial charge in [-0.15, -0.1) is 0 Å². The number of esters is 1. The minimum Gasteiger partial charge on any atom is -0.497 e. The summed E-state index contributed by atoms with van der Waals surface area (Å²) in [4.78, 5) is 47.1. The van der Waals surface area contributed by atoms with Gasteiger partial charge < -0.3 is 14.2 Å². The van der Waals surface area contributed by atoms with Crippen LogP contribution in [0.5, 0.6) is 17.2 Å². The Morgan fingerprint density at radius 3 is 2.10 bits per heavy atom. The average Bonchev–Trinajstić information content (AvgIpc) is 2.71. The molecule has 0 unspecified atom stereocenters. The van der Waals surface area contributed by atoms with E-state index in [-0.39, 0.29) is 17.1 Å². The van der Waals surface area contributed by atoms with E-state index in [1.807, 2.05) is 10.6 Å². The average molecular weight is 396 g/mol. The van der Waals surface area contributed by atoms with Crippen molar-refractivity contribution in [2.45, 2.75) is 0 Å². The van der Waals surface area contributed by atoms with Gasteiger partial charge in [0.2, 0.25) is 0 Å². The number of amides is 4. The first-order valence-electron chi connectivity index (χ1n) is 8.34. The maximum Gasteiger partial charge on any atom is 0.343 e. The molecule has 2 aromatic rings. The number of methoxy groups -OCH3 is 2. The van der Waals surface area contributed by atoms with Crippen LogP contribution in [0, 0.1) is 0 Å². The highest BCUT2D eigenvalue weighted by atomic mass is 16.6. The fourth-order valence-corrected chi connectivity index (χ4v) is 2.52. The van der Waals surface area contributed by atoms with Gasteiger partial charge in [0.15, 0.2) is 11.5 Å². The Morgan fingerprint density at radius 1 is 0.862 bits per heavy atom.